The number of halogens is 3. The molecule has 68 valence electrons. The smallest absolute Gasteiger partial charge is 0.374 e. The minimum Gasteiger partial charge on any atom is -0.374 e. The van der Waals surface area contributed by atoms with Gasteiger partial charge < -0.3 is 4.74 Å². The van der Waals surface area contributed by atoms with E-state index in [1.54, 1.807) is 0 Å². The number of amides is 1. The molecule has 0 aromatic rings. The maximum atomic E-state index is 12.1. The fraction of sp³-hybridized carbons (Fsp3) is 0.600. The van der Waals surface area contributed by atoms with E-state index in [9.17, 15) is 22.8 Å². The van der Waals surface area contributed by atoms with Crippen LogP contribution in [0.3, 0.4) is 0 Å². The number of carbonyl (C=O) groups is 2. The van der Waals surface area contributed by atoms with Gasteiger partial charge in [0.05, 0.1) is 0 Å². The summed E-state index contributed by atoms with van der Waals surface area (Å²) < 4.78 is 39.9. The van der Waals surface area contributed by atoms with E-state index in [1.807, 2.05) is 0 Å². The second-order valence-corrected chi connectivity index (χ2v) is 2.42. The second-order valence-electron chi connectivity index (χ2n) is 2.42. The summed E-state index contributed by atoms with van der Waals surface area (Å²) in [7, 11) is 0. The van der Waals surface area contributed by atoms with Crippen LogP contribution in [0.2, 0.25) is 0 Å². The number of esters is 1. The van der Waals surface area contributed by atoms with Crippen molar-refractivity contribution in [2.24, 2.45) is 0 Å². The normalized spacial score (nSPS) is 30.0. The second kappa shape index (κ2) is 2.11. The Morgan fingerprint density at radius 3 is 2.08 bits per heavy atom. The van der Waals surface area contributed by atoms with Gasteiger partial charge in [-0.3, -0.25) is 5.32 Å². The molecule has 1 unspecified atom stereocenters. The van der Waals surface area contributed by atoms with Gasteiger partial charge in [0.25, 0.3) is 0 Å². The summed E-state index contributed by atoms with van der Waals surface area (Å²) in [5, 5.41) is 1.38. The zero-order valence-electron chi connectivity index (χ0n) is 5.86. The molecule has 1 aliphatic rings. The van der Waals surface area contributed by atoms with Crippen LogP contribution >= 0.6 is 0 Å². The molecule has 0 bridgehead atoms. The van der Waals surface area contributed by atoms with Gasteiger partial charge in [-0.2, -0.15) is 13.2 Å². The Kier molecular flexibility index (Phi) is 1.55. The van der Waals surface area contributed by atoms with Gasteiger partial charge in [-0.05, 0) is 6.92 Å². The molecule has 7 heteroatoms. The fourth-order valence-electron chi connectivity index (χ4n) is 0.654. The first-order valence-electron chi connectivity index (χ1n) is 2.88. The Balaban J connectivity index is 3.00. The maximum Gasteiger partial charge on any atom is 0.422 e. The van der Waals surface area contributed by atoms with Crippen LogP contribution in [0.5, 0.6) is 0 Å². The molecule has 0 aromatic heterocycles. The zero-order chi connectivity index (χ0) is 9.57. The summed E-state index contributed by atoms with van der Waals surface area (Å²) >= 11 is 0. The minimum atomic E-state index is -4.84. The lowest BCUT2D eigenvalue weighted by Crippen LogP contribution is -2.55. The molecular formula is C5H4F3NO3. The average Bonchev–Trinajstić information content (AvgIpc) is 2.06. The lowest BCUT2D eigenvalue weighted by molar-refractivity contribution is -0.194. The predicted octanol–water partition coefficient (Wildman–Crippen LogP) is 0.574. The maximum absolute atomic E-state index is 12.1. The third kappa shape index (κ3) is 1.01. The largest absolute Gasteiger partial charge is 0.422 e. The highest BCUT2D eigenvalue weighted by molar-refractivity contribution is 5.99. The summed E-state index contributed by atoms with van der Waals surface area (Å²) in [5.74, 6) is -1.62. The molecule has 12 heavy (non-hydrogen) atoms. The summed E-state index contributed by atoms with van der Waals surface area (Å²) in [5.41, 5.74) is -2.90. The molecule has 1 fully saturated rings. The van der Waals surface area contributed by atoms with E-state index in [4.69, 9.17) is 0 Å². The van der Waals surface area contributed by atoms with Crippen molar-refractivity contribution < 1.29 is 27.5 Å². The van der Waals surface area contributed by atoms with Crippen molar-refractivity contribution >= 4 is 12.1 Å². The van der Waals surface area contributed by atoms with Gasteiger partial charge in [-0.1, -0.05) is 0 Å². The number of alkyl halides is 3. The number of cyclic esters (lactones) is 2. The van der Waals surface area contributed by atoms with Gasteiger partial charge in [-0.15, -0.1) is 0 Å². The third-order valence-corrected chi connectivity index (χ3v) is 1.51. The van der Waals surface area contributed by atoms with Crippen molar-refractivity contribution in [2.45, 2.75) is 18.6 Å². The van der Waals surface area contributed by atoms with Gasteiger partial charge >= 0.3 is 18.2 Å². The topological polar surface area (TPSA) is 55.4 Å². The first-order chi connectivity index (χ1) is 5.27. The molecule has 1 N–H and O–H groups in total. The number of nitrogens with one attached hydrogen (secondary N) is 1. The minimum absolute atomic E-state index is 0.542. The van der Waals surface area contributed by atoms with E-state index in [0.29, 0.717) is 6.92 Å². The third-order valence-electron chi connectivity index (χ3n) is 1.51. The molecule has 1 atom stereocenters. The Hall–Kier alpha value is -1.27. The lowest BCUT2D eigenvalue weighted by Gasteiger charge is -2.21. The predicted molar refractivity (Wildman–Crippen MR) is 29.1 cm³/mol. The molecule has 0 saturated carbocycles. The van der Waals surface area contributed by atoms with Crippen molar-refractivity contribution in [3.05, 3.63) is 0 Å². The molecule has 1 saturated heterocycles. The standard InChI is InChI=1S/C5H4F3NO3/c1-4(5(6,7)8)2(10)12-3(11)9-4/h1H3,(H,9,11). The van der Waals surface area contributed by atoms with Crippen LogP contribution in [0.1, 0.15) is 6.92 Å². The molecule has 0 aliphatic carbocycles. The molecule has 0 radical (unpaired) electrons. The van der Waals surface area contributed by atoms with Crippen LogP contribution in [-0.2, 0) is 9.53 Å². The van der Waals surface area contributed by atoms with Crippen LogP contribution in [0.15, 0.2) is 0 Å². The number of carbonyl (C=O) groups excluding carboxylic acids is 2. The highest BCUT2D eigenvalue weighted by Gasteiger charge is 2.63. The summed E-state index contributed by atoms with van der Waals surface area (Å²) in [6.07, 6.45) is -6.21. The molecule has 1 aliphatic heterocycles. The molecule has 4 nitrogen and oxygen atoms in total. The van der Waals surface area contributed by atoms with Gasteiger partial charge in [0, 0.05) is 0 Å². The molecular weight excluding hydrogens is 179 g/mol. The number of alkyl carbamates (subject to hydrolysis) is 1. The van der Waals surface area contributed by atoms with Crippen molar-refractivity contribution in [3.63, 3.8) is 0 Å². The van der Waals surface area contributed by atoms with E-state index >= 15 is 0 Å². The molecule has 1 amide bonds. The molecule has 1 rings (SSSR count). The van der Waals surface area contributed by atoms with Gasteiger partial charge in [-0.25, -0.2) is 9.59 Å². The Bertz CT molecular complexity index is 249. The molecule has 1 heterocycles. The van der Waals surface area contributed by atoms with E-state index in [2.05, 4.69) is 4.74 Å². The van der Waals surface area contributed by atoms with Crippen molar-refractivity contribution in [2.75, 3.05) is 0 Å². The van der Waals surface area contributed by atoms with Gasteiger partial charge in [0.1, 0.15) is 0 Å². The van der Waals surface area contributed by atoms with E-state index in [1.165, 1.54) is 5.32 Å². The first-order valence-corrected chi connectivity index (χ1v) is 2.88. The highest BCUT2D eigenvalue weighted by Crippen LogP contribution is 2.33. The Labute approximate surface area is 64.7 Å². The number of rotatable bonds is 0. The van der Waals surface area contributed by atoms with E-state index < -0.39 is 23.8 Å². The Morgan fingerprint density at radius 1 is 1.42 bits per heavy atom. The van der Waals surface area contributed by atoms with E-state index in [-0.39, 0.29) is 0 Å². The van der Waals surface area contributed by atoms with Crippen LogP contribution < -0.4 is 5.32 Å². The molecule has 0 spiro atoms. The molecule has 0 aromatic carbocycles. The Morgan fingerprint density at radius 2 is 1.92 bits per heavy atom. The summed E-state index contributed by atoms with van der Waals surface area (Å²) in [6, 6.07) is 0. The highest BCUT2D eigenvalue weighted by atomic mass is 19.4. The van der Waals surface area contributed by atoms with Crippen LogP contribution in [0, 0.1) is 0 Å². The SMILES string of the molecule is CC1(C(F)(F)F)NC(=O)OC1=O. The number of hydrogen-bond donors (Lipinski definition) is 1. The zero-order valence-corrected chi connectivity index (χ0v) is 5.86. The van der Waals surface area contributed by atoms with Crippen LogP contribution in [0.25, 0.3) is 0 Å². The number of ether oxygens (including phenoxy) is 1. The quantitative estimate of drug-likeness (QED) is 0.441. The van der Waals surface area contributed by atoms with Crippen LogP contribution in [0.4, 0.5) is 18.0 Å². The summed E-state index contributed by atoms with van der Waals surface area (Å²) in [6.45, 7) is 0.542. The first kappa shape index (κ1) is 8.82. The number of hydrogen-bond acceptors (Lipinski definition) is 3. The van der Waals surface area contributed by atoms with Gasteiger partial charge in [0.2, 0.25) is 5.54 Å². The van der Waals surface area contributed by atoms with Gasteiger partial charge in [0.15, 0.2) is 0 Å². The average molecular weight is 183 g/mol. The van der Waals surface area contributed by atoms with Crippen LogP contribution in [-0.4, -0.2) is 23.8 Å². The van der Waals surface area contributed by atoms with Crippen molar-refractivity contribution in [1.82, 2.24) is 5.32 Å². The van der Waals surface area contributed by atoms with Crippen molar-refractivity contribution in [3.8, 4) is 0 Å². The van der Waals surface area contributed by atoms with Crippen molar-refractivity contribution in [1.29, 1.82) is 0 Å². The lowest BCUT2D eigenvalue weighted by atomic mass is 10.0. The fourth-order valence-corrected chi connectivity index (χ4v) is 0.654. The van der Waals surface area contributed by atoms with E-state index in [0.717, 1.165) is 0 Å². The summed E-state index contributed by atoms with van der Waals surface area (Å²) in [4.78, 5) is 20.8. The monoisotopic (exact) mass is 183 g/mol.